The normalized spacial score (nSPS) is 18.4. The van der Waals surface area contributed by atoms with Crippen LogP contribution in [0.5, 0.6) is 0 Å². The molecule has 38 heavy (non-hydrogen) atoms. The van der Waals surface area contributed by atoms with Gasteiger partial charge in [-0.2, -0.15) is 0 Å². The van der Waals surface area contributed by atoms with Crippen LogP contribution >= 0.6 is 0 Å². The van der Waals surface area contributed by atoms with E-state index < -0.39 is 0 Å². The van der Waals surface area contributed by atoms with Crippen LogP contribution in [0, 0.1) is 0 Å². The summed E-state index contributed by atoms with van der Waals surface area (Å²) in [6.07, 6.45) is 8.85. The number of rotatable bonds is 4. The highest BCUT2D eigenvalue weighted by Crippen LogP contribution is 2.30. The lowest BCUT2D eigenvalue weighted by Crippen LogP contribution is -2.27. The fraction of sp³-hybridized carbons (Fsp3) is 0.167. The highest BCUT2D eigenvalue weighted by molar-refractivity contribution is 6.14. The predicted octanol–water partition coefficient (Wildman–Crippen LogP) is 9.15. The zero-order valence-corrected chi connectivity index (χ0v) is 21.4. The predicted molar refractivity (Wildman–Crippen MR) is 164 cm³/mol. The summed E-state index contributed by atoms with van der Waals surface area (Å²) in [5, 5.41) is 10.1. The van der Waals surface area contributed by atoms with Gasteiger partial charge in [0.15, 0.2) is 0 Å². The largest absolute Gasteiger partial charge is 0.287 e. The molecule has 184 valence electrons. The first-order chi connectivity index (χ1) is 18.8. The Balaban J connectivity index is 1.28. The zero-order valence-electron chi connectivity index (χ0n) is 21.4. The third-order valence-electron chi connectivity index (χ3n) is 8.11. The maximum Gasteiger partial charge on any atom is 0.0723 e. The van der Waals surface area contributed by atoms with Crippen LogP contribution in [0.3, 0.4) is 0 Å². The molecule has 0 saturated heterocycles. The number of nitrogens with zero attached hydrogens (tertiary/aromatic N) is 2. The van der Waals surface area contributed by atoms with Crippen molar-refractivity contribution in [1.82, 2.24) is 0 Å². The molecule has 6 aromatic carbocycles. The fourth-order valence-corrected chi connectivity index (χ4v) is 6.16. The van der Waals surface area contributed by atoms with Crippen molar-refractivity contribution in [3.8, 4) is 0 Å². The minimum Gasteiger partial charge on any atom is -0.287 e. The van der Waals surface area contributed by atoms with E-state index in [0.29, 0.717) is 0 Å². The molecule has 6 aromatic rings. The smallest absolute Gasteiger partial charge is 0.0723 e. The van der Waals surface area contributed by atoms with E-state index in [9.17, 15) is 0 Å². The van der Waals surface area contributed by atoms with E-state index in [1.165, 1.54) is 67.1 Å². The van der Waals surface area contributed by atoms with Crippen LogP contribution in [0.15, 0.2) is 119 Å². The lowest BCUT2D eigenvalue weighted by Gasteiger charge is -2.25. The average molecular weight is 491 g/mol. The van der Waals surface area contributed by atoms with E-state index in [4.69, 9.17) is 9.98 Å². The molecule has 0 unspecified atom stereocenters. The van der Waals surface area contributed by atoms with Crippen molar-refractivity contribution in [1.29, 1.82) is 0 Å². The van der Waals surface area contributed by atoms with Gasteiger partial charge in [0.05, 0.1) is 12.1 Å². The van der Waals surface area contributed by atoms with Gasteiger partial charge in [-0.05, 0) is 68.1 Å². The lowest BCUT2D eigenvalue weighted by molar-refractivity contribution is 0.390. The summed E-state index contributed by atoms with van der Waals surface area (Å²) in [6.45, 7) is 0. The second kappa shape index (κ2) is 9.87. The van der Waals surface area contributed by atoms with E-state index in [0.717, 1.165) is 12.8 Å². The van der Waals surface area contributed by atoms with Crippen LogP contribution in [0.25, 0.3) is 43.1 Å². The first kappa shape index (κ1) is 22.9. The zero-order chi connectivity index (χ0) is 25.3. The van der Waals surface area contributed by atoms with Crippen molar-refractivity contribution < 1.29 is 0 Å². The maximum absolute atomic E-state index is 5.23. The summed E-state index contributed by atoms with van der Waals surface area (Å²) in [4.78, 5) is 10.5. The first-order valence-electron chi connectivity index (χ1n) is 13.7. The second-order valence-electron chi connectivity index (χ2n) is 10.4. The molecule has 2 heteroatoms. The summed E-state index contributed by atoms with van der Waals surface area (Å²) in [5.41, 5.74) is 2.43. The van der Waals surface area contributed by atoms with Crippen molar-refractivity contribution >= 4 is 55.5 Å². The quantitative estimate of drug-likeness (QED) is 0.174. The Morgan fingerprint density at radius 1 is 0.447 bits per heavy atom. The van der Waals surface area contributed by atoms with Crippen LogP contribution < -0.4 is 0 Å². The fourth-order valence-electron chi connectivity index (χ4n) is 6.16. The monoisotopic (exact) mass is 490 g/mol. The number of hydrogen-bond donors (Lipinski definition) is 0. The molecule has 0 N–H and O–H groups in total. The Morgan fingerprint density at radius 3 is 1.11 bits per heavy atom. The molecule has 0 spiro atoms. The SMILES string of the molecule is C(=N[C@H]1CCCC[C@H]1N=Cc1c2ccccc2cc2ccccc12)c1c2ccccc2cc2ccccc12. The molecule has 0 bridgehead atoms. The van der Waals surface area contributed by atoms with E-state index in [-0.39, 0.29) is 12.1 Å². The van der Waals surface area contributed by atoms with E-state index in [1.54, 1.807) is 0 Å². The molecule has 0 aromatic heterocycles. The van der Waals surface area contributed by atoms with Gasteiger partial charge in [-0.3, -0.25) is 9.98 Å². The number of benzene rings is 6. The Hall–Kier alpha value is -4.30. The summed E-state index contributed by atoms with van der Waals surface area (Å²) >= 11 is 0. The van der Waals surface area contributed by atoms with Gasteiger partial charge in [0.1, 0.15) is 0 Å². The molecule has 2 atom stereocenters. The van der Waals surface area contributed by atoms with Crippen LogP contribution in [0.2, 0.25) is 0 Å². The molecule has 1 aliphatic rings. The summed E-state index contributed by atoms with van der Waals surface area (Å²) in [7, 11) is 0. The molecule has 1 aliphatic carbocycles. The van der Waals surface area contributed by atoms with E-state index in [1.807, 2.05) is 0 Å². The van der Waals surface area contributed by atoms with Crippen LogP contribution in [-0.2, 0) is 0 Å². The van der Waals surface area contributed by atoms with Crippen LogP contribution in [0.1, 0.15) is 36.8 Å². The molecular weight excluding hydrogens is 460 g/mol. The van der Waals surface area contributed by atoms with Gasteiger partial charge in [0.25, 0.3) is 0 Å². The van der Waals surface area contributed by atoms with Crippen molar-refractivity contribution in [2.75, 3.05) is 0 Å². The number of fused-ring (bicyclic) bond motifs is 4. The van der Waals surface area contributed by atoms with Crippen LogP contribution in [-0.4, -0.2) is 24.5 Å². The second-order valence-corrected chi connectivity index (χ2v) is 10.4. The summed E-state index contributed by atoms with van der Waals surface area (Å²) in [5.74, 6) is 0. The third kappa shape index (κ3) is 4.16. The molecule has 0 amide bonds. The number of aliphatic imine (C=N–C) groups is 2. The Kier molecular flexibility index (Phi) is 5.94. The summed E-state index contributed by atoms with van der Waals surface area (Å²) in [6, 6.07) is 39.5. The molecule has 1 saturated carbocycles. The minimum absolute atomic E-state index is 0.193. The molecule has 0 heterocycles. The van der Waals surface area contributed by atoms with Crippen LogP contribution in [0.4, 0.5) is 0 Å². The van der Waals surface area contributed by atoms with Gasteiger partial charge in [-0.1, -0.05) is 110 Å². The van der Waals surface area contributed by atoms with Crippen molar-refractivity contribution in [3.05, 3.63) is 120 Å². The number of hydrogen-bond acceptors (Lipinski definition) is 2. The molecular formula is C36H30N2. The average Bonchev–Trinajstić information content (AvgIpc) is 2.98. The molecule has 0 aliphatic heterocycles. The standard InChI is InChI=1S/C36H30N2/c1-5-15-29-25(11-1)21-26-12-2-6-16-30(26)33(29)23-37-35-19-9-10-20-36(35)38-24-34-31-17-7-3-13-27(31)22-28-14-4-8-18-32(28)34/h1-8,11-18,21-24,35-36H,9-10,19-20H2/t35-,36+. The molecule has 2 nitrogen and oxygen atoms in total. The first-order valence-corrected chi connectivity index (χ1v) is 13.7. The lowest BCUT2D eigenvalue weighted by atomic mass is 9.90. The van der Waals surface area contributed by atoms with Gasteiger partial charge in [0, 0.05) is 23.6 Å². The van der Waals surface area contributed by atoms with Gasteiger partial charge < -0.3 is 0 Å². The van der Waals surface area contributed by atoms with Gasteiger partial charge >= 0.3 is 0 Å². The third-order valence-corrected chi connectivity index (χ3v) is 8.11. The Bertz CT molecular complexity index is 1600. The highest BCUT2D eigenvalue weighted by atomic mass is 14.9. The molecule has 1 fully saturated rings. The Morgan fingerprint density at radius 2 is 0.763 bits per heavy atom. The highest BCUT2D eigenvalue weighted by Gasteiger charge is 2.23. The summed E-state index contributed by atoms with van der Waals surface area (Å²) < 4.78 is 0. The van der Waals surface area contributed by atoms with Crippen molar-refractivity contribution in [2.24, 2.45) is 9.98 Å². The minimum atomic E-state index is 0.193. The maximum atomic E-state index is 5.23. The topological polar surface area (TPSA) is 24.7 Å². The van der Waals surface area contributed by atoms with E-state index in [2.05, 4.69) is 122 Å². The Labute approximate surface area is 223 Å². The molecule has 0 radical (unpaired) electrons. The van der Waals surface area contributed by atoms with Crippen molar-refractivity contribution in [3.63, 3.8) is 0 Å². The van der Waals surface area contributed by atoms with Gasteiger partial charge in [0.2, 0.25) is 0 Å². The van der Waals surface area contributed by atoms with Gasteiger partial charge in [-0.25, -0.2) is 0 Å². The van der Waals surface area contributed by atoms with Gasteiger partial charge in [-0.15, -0.1) is 0 Å². The molecule has 7 rings (SSSR count). The van der Waals surface area contributed by atoms with E-state index >= 15 is 0 Å². The van der Waals surface area contributed by atoms with Crippen molar-refractivity contribution in [2.45, 2.75) is 37.8 Å².